The lowest BCUT2D eigenvalue weighted by Gasteiger charge is -2.06. The second-order valence-corrected chi connectivity index (χ2v) is 4.88. The first-order chi connectivity index (χ1) is 9.90. The van der Waals surface area contributed by atoms with Crippen molar-refractivity contribution in [1.29, 1.82) is 0 Å². The molecule has 3 rings (SSSR count). The number of hydrogen-bond donors (Lipinski definition) is 1. The topological polar surface area (TPSA) is 38.1 Å². The Kier molecular flexibility index (Phi) is 3.79. The fraction of sp³-hybridized carbons (Fsp3) is 0.235. The second-order valence-electron chi connectivity index (χ2n) is 4.88. The number of nitrogens with zero attached hydrogens (tertiary/aromatic N) is 1. The Morgan fingerprint density at radius 3 is 2.85 bits per heavy atom. The van der Waals surface area contributed by atoms with Crippen LogP contribution >= 0.6 is 0 Å². The number of hydrogen-bond acceptors (Lipinski definition) is 3. The third-order valence-electron chi connectivity index (χ3n) is 3.42. The summed E-state index contributed by atoms with van der Waals surface area (Å²) in [6.07, 6.45) is 2.93. The molecule has 3 aromatic rings. The van der Waals surface area contributed by atoms with Crippen molar-refractivity contribution in [2.24, 2.45) is 0 Å². The maximum absolute atomic E-state index is 5.50. The fourth-order valence-corrected chi connectivity index (χ4v) is 2.43. The predicted molar refractivity (Wildman–Crippen MR) is 81.4 cm³/mol. The lowest BCUT2D eigenvalue weighted by atomic mass is 10.0. The van der Waals surface area contributed by atoms with Gasteiger partial charge in [0.25, 0.3) is 0 Å². The third kappa shape index (κ3) is 2.45. The number of aromatic nitrogens is 1. The van der Waals surface area contributed by atoms with E-state index in [1.54, 1.807) is 6.20 Å². The molecular formula is C17H18N2O. The van der Waals surface area contributed by atoms with E-state index in [0.717, 1.165) is 36.4 Å². The molecule has 0 bridgehead atoms. The molecule has 0 spiro atoms. The summed E-state index contributed by atoms with van der Waals surface area (Å²) in [5.74, 6) is 0.866. The van der Waals surface area contributed by atoms with Gasteiger partial charge in [-0.15, -0.1) is 0 Å². The molecule has 0 radical (unpaired) electrons. The Balaban J connectivity index is 2.01. The van der Waals surface area contributed by atoms with Crippen molar-refractivity contribution in [1.82, 2.24) is 10.5 Å². The molecule has 3 nitrogen and oxygen atoms in total. The number of nitrogens with one attached hydrogen (secondary N) is 1. The van der Waals surface area contributed by atoms with Gasteiger partial charge >= 0.3 is 0 Å². The van der Waals surface area contributed by atoms with Gasteiger partial charge < -0.3 is 9.84 Å². The Morgan fingerprint density at radius 1 is 1.10 bits per heavy atom. The molecule has 0 atom stereocenters. The standard InChI is InChI=1S/C17H18N2O/c1-2-10-18-11-14-12-19-20-17(14)16-9-5-7-13-6-3-4-8-15(13)16/h3-9,12,18H,2,10-11H2,1H3. The molecule has 0 aliphatic carbocycles. The van der Waals surface area contributed by atoms with Gasteiger partial charge in [0.15, 0.2) is 5.76 Å². The van der Waals surface area contributed by atoms with Crippen LogP contribution < -0.4 is 5.32 Å². The molecule has 0 aliphatic rings. The van der Waals surface area contributed by atoms with Crippen molar-refractivity contribution in [2.75, 3.05) is 6.54 Å². The molecule has 1 N–H and O–H groups in total. The van der Waals surface area contributed by atoms with Gasteiger partial charge in [-0.05, 0) is 23.7 Å². The van der Waals surface area contributed by atoms with E-state index in [1.165, 1.54) is 10.8 Å². The molecule has 0 fully saturated rings. The number of rotatable bonds is 5. The van der Waals surface area contributed by atoms with Gasteiger partial charge in [-0.3, -0.25) is 0 Å². The number of fused-ring (bicyclic) bond motifs is 1. The van der Waals surface area contributed by atoms with Crippen molar-refractivity contribution in [2.45, 2.75) is 19.9 Å². The zero-order valence-electron chi connectivity index (χ0n) is 11.6. The monoisotopic (exact) mass is 266 g/mol. The highest BCUT2D eigenvalue weighted by atomic mass is 16.5. The van der Waals surface area contributed by atoms with Crippen LogP contribution in [0.5, 0.6) is 0 Å². The van der Waals surface area contributed by atoms with Crippen molar-refractivity contribution in [3.63, 3.8) is 0 Å². The van der Waals surface area contributed by atoms with Crippen LogP contribution in [0.2, 0.25) is 0 Å². The fourth-order valence-electron chi connectivity index (χ4n) is 2.43. The highest BCUT2D eigenvalue weighted by molar-refractivity contribution is 5.95. The van der Waals surface area contributed by atoms with Gasteiger partial charge in [-0.1, -0.05) is 54.5 Å². The summed E-state index contributed by atoms with van der Waals surface area (Å²) in [4.78, 5) is 0. The van der Waals surface area contributed by atoms with E-state index < -0.39 is 0 Å². The van der Waals surface area contributed by atoms with Crippen LogP contribution in [0.1, 0.15) is 18.9 Å². The minimum absolute atomic E-state index is 0.788. The quantitative estimate of drug-likeness (QED) is 0.709. The van der Waals surface area contributed by atoms with E-state index in [-0.39, 0.29) is 0 Å². The van der Waals surface area contributed by atoms with Gasteiger partial charge in [0, 0.05) is 17.7 Å². The molecule has 3 heteroatoms. The molecule has 0 saturated carbocycles. The normalized spacial score (nSPS) is 11.1. The minimum atomic E-state index is 0.788. The van der Waals surface area contributed by atoms with Crippen molar-refractivity contribution < 1.29 is 4.52 Å². The largest absolute Gasteiger partial charge is 0.356 e. The minimum Gasteiger partial charge on any atom is -0.356 e. The van der Waals surface area contributed by atoms with E-state index >= 15 is 0 Å². The Labute approximate surface area is 118 Å². The molecule has 1 heterocycles. The van der Waals surface area contributed by atoms with Gasteiger partial charge in [-0.2, -0.15) is 0 Å². The SMILES string of the molecule is CCCNCc1cnoc1-c1cccc2ccccc12. The maximum Gasteiger partial charge on any atom is 0.171 e. The third-order valence-corrected chi connectivity index (χ3v) is 3.42. The molecule has 1 aromatic heterocycles. The zero-order chi connectivity index (χ0) is 13.8. The summed E-state index contributed by atoms with van der Waals surface area (Å²) >= 11 is 0. The van der Waals surface area contributed by atoms with Crippen LogP contribution in [0, 0.1) is 0 Å². The average molecular weight is 266 g/mol. The van der Waals surface area contributed by atoms with E-state index in [2.05, 4.69) is 59.9 Å². The van der Waals surface area contributed by atoms with Crippen LogP contribution in [-0.4, -0.2) is 11.7 Å². The van der Waals surface area contributed by atoms with Crippen molar-refractivity contribution in [3.8, 4) is 11.3 Å². The molecule has 102 valence electrons. The Hall–Kier alpha value is -2.13. The van der Waals surface area contributed by atoms with Gasteiger partial charge in [0.05, 0.1) is 6.20 Å². The lowest BCUT2D eigenvalue weighted by molar-refractivity contribution is 0.431. The Bertz CT molecular complexity index is 698. The van der Waals surface area contributed by atoms with Gasteiger partial charge in [0.2, 0.25) is 0 Å². The molecular weight excluding hydrogens is 248 g/mol. The van der Waals surface area contributed by atoms with Crippen molar-refractivity contribution in [3.05, 3.63) is 54.2 Å². The number of benzene rings is 2. The highest BCUT2D eigenvalue weighted by Crippen LogP contribution is 2.30. The van der Waals surface area contributed by atoms with Crippen LogP contribution in [0.3, 0.4) is 0 Å². The summed E-state index contributed by atoms with van der Waals surface area (Å²) in [7, 11) is 0. The predicted octanol–water partition coefficient (Wildman–Crippen LogP) is 3.99. The summed E-state index contributed by atoms with van der Waals surface area (Å²) in [5.41, 5.74) is 2.21. The van der Waals surface area contributed by atoms with Gasteiger partial charge in [-0.25, -0.2) is 0 Å². The lowest BCUT2D eigenvalue weighted by Crippen LogP contribution is -2.13. The smallest absolute Gasteiger partial charge is 0.171 e. The summed E-state index contributed by atoms with van der Waals surface area (Å²) < 4.78 is 5.50. The van der Waals surface area contributed by atoms with E-state index in [1.807, 2.05) is 0 Å². The van der Waals surface area contributed by atoms with E-state index in [0.29, 0.717) is 0 Å². The van der Waals surface area contributed by atoms with Crippen LogP contribution in [-0.2, 0) is 6.54 Å². The Morgan fingerprint density at radius 2 is 1.95 bits per heavy atom. The van der Waals surface area contributed by atoms with Crippen LogP contribution in [0.4, 0.5) is 0 Å². The molecule has 2 aromatic carbocycles. The average Bonchev–Trinajstić information content (AvgIpc) is 2.95. The molecule has 0 aliphatic heterocycles. The second kappa shape index (κ2) is 5.88. The zero-order valence-corrected chi connectivity index (χ0v) is 11.6. The summed E-state index contributed by atoms with van der Waals surface area (Å²) in [5, 5.41) is 9.78. The van der Waals surface area contributed by atoms with Crippen LogP contribution in [0.25, 0.3) is 22.1 Å². The van der Waals surface area contributed by atoms with Crippen LogP contribution in [0.15, 0.2) is 53.2 Å². The first kappa shape index (κ1) is 12.9. The molecule has 0 amide bonds. The first-order valence-electron chi connectivity index (χ1n) is 7.02. The highest BCUT2D eigenvalue weighted by Gasteiger charge is 2.12. The summed E-state index contributed by atoms with van der Waals surface area (Å²) in [6, 6.07) is 14.6. The van der Waals surface area contributed by atoms with E-state index in [9.17, 15) is 0 Å². The van der Waals surface area contributed by atoms with Gasteiger partial charge in [0.1, 0.15) is 0 Å². The maximum atomic E-state index is 5.50. The first-order valence-corrected chi connectivity index (χ1v) is 7.02. The molecule has 0 unspecified atom stereocenters. The molecule has 20 heavy (non-hydrogen) atoms. The van der Waals surface area contributed by atoms with Crippen molar-refractivity contribution >= 4 is 10.8 Å². The van der Waals surface area contributed by atoms with E-state index in [4.69, 9.17) is 4.52 Å². The summed E-state index contributed by atoms with van der Waals surface area (Å²) in [6.45, 7) is 3.95. The molecule has 0 saturated heterocycles.